The summed E-state index contributed by atoms with van der Waals surface area (Å²) < 4.78 is 53.2. The van der Waals surface area contributed by atoms with Crippen molar-refractivity contribution in [3.05, 3.63) is 60.2 Å². The highest BCUT2D eigenvalue weighted by Gasteiger charge is 2.13. The summed E-state index contributed by atoms with van der Waals surface area (Å²) in [5, 5.41) is 18.7. The van der Waals surface area contributed by atoms with Gasteiger partial charge in [-0.2, -0.15) is 5.10 Å². The van der Waals surface area contributed by atoms with Gasteiger partial charge in [0.1, 0.15) is 17.8 Å². The Bertz CT molecular complexity index is 1360. The standard InChI is InChI=1S/C21H21F2N7O2S/c1-33(31,32)30-21-15-11-13(4-5-18(15)27-29-21)17-6-7-20(28-26-17)25-10-8-14(22)12-19-16(23)3-2-9-24-19/h2-7,9,11,14H,8,10,12H2,1H3,(H,25,28)(H2,27,29,30)/t14-/m0/s1. The van der Waals surface area contributed by atoms with Crippen molar-refractivity contribution in [3.8, 4) is 11.3 Å². The Balaban J connectivity index is 1.37. The van der Waals surface area contributed by atoms with Gasteiger partial charge in [-0.15, -0.1) is 10.2 Å². The van der Waals surface area contributed by atoms with Crippen LogP contribution >= 0.6 is 0 Å². The Morgan fingerprint density at radius 3 is 2.73 bits per heavy atom. The van der Waals surface area contributed by atoms with Crippen molar-refractivity contribution >= 4 is 32.6 Å². The summed E-state index contributed by atoms with van der Waals surface area (Å²) in [5.41, 5.74) is 2.07. The van der Waals surface area contributed by atoms with Crippen LogP contribution in [0.25, 0.3) is 22.2 Å². The summed E-state index contributed by atoms with van der Waals surface area (Å²) in [4.78, 5) is 3.86. The first-order chi connectivity index (χ1) is 15.8. The number of pyridine rings is 1. The van der Waals surface area contributed by atoms with Gasteiger partial charge in [-0.05, 0) is 42.8 Å². The molecule has 1 aromatic carbocycles. The number of hydrogen-bond acceptors (Lipinski definition) is 7. The van der Waals surface area contributed by atoms with E-state index in [1.54, 1.807) is 24.3 Å². The van der Waals surface area contributed by atoms with E-state index in [1.807, 2.05) is 6.07 Å². The summed E-state index contributed by atoms with van der Waals surface area (Å²) >= 11 is 0. The fourth-order valence-corrected chi connectivity index (χ4v) is 3.75. The summed E-state index contributed by atoms with van der Waals surface area (Å²) in [6, 6.07) is 11.5. The van der Waals surface area contributed by atoms with Crippen LogP contribution in [0, 0.1) is 5.82 Å². The Kier molecular flexibility index (Phi) is 6.45. The van der Waals surface area contributed by atoms with E-state index in [0.717, 1.165) is 11.8 Å². The van der Waals surface area contributed by atoms with E-state index in [2.05, 4.69) is 35.4 Å². The third-order valence-electron chi connectivity index (χ3n) is 4.82. The molecule has 0 fully saturated rings. The van der Waals surface area contributed by atoms with Crippen LogP contribution in [0.5, 0.6) is 0 Å². The minimum Gasteiger partial charge on any atom is -0.368 e. The topological polar surface area (TPSA) is 126 Å². The molecule has 0 unspecified atom stereocenters. The predicted molar refractivity (Wildman–Crippen MR) is 121 cm³/mol. The number of hydrogen-bond donors (Lipinski definition) is 3. The second-order valence-corrected chi connectivity index (χ2v) is 9.21. The van der Waals surface area contributed by atoms with Gasteiger partial charge in [0, 0.05) is 30.1 Å². The number of anilines is 2. The fourth-order valence-electron chi connectivity index (χ4n) is 3.24. The van der Waals surface area contributed by atoms with Gasteiger partial charge < -0.3 is 5.32 Å². The maximum atomic E-state index is 14.2. The molecule has 0 amide bonds. The highest BCUT2D eigenvalue weighted by molar-refractivity contribution is 7.92. The lowest BCUT2D eigenvalue weighted by molar-refractivity contribution is 0.313. The number of rotatable bonds is 9. The minimum absolute atomic E-state index is 0.0916. The monoisotopic (exact) mass is 473 g/mol. The molecule has 172 valence electrons. The van der Waals surface area contributed by atoms with Crippen LogP contribution in [-0.2, 0) is 16.4 Å². The molecule has 0 spiro atoms. The van der Waals surface area contributed by atoms with E-state index < -0.39 is 22.0 Å². The molecule has 9 nitrogen and oxygen atoms in total. The SMILES string of the molecule is CS(=O)(=O)Nc1n[nH]c2ccc(-c3ccc(NCC[C@H](F)Cc4ncccc4F)nn3)cc12. The minimum atomic E-state index is -3.47. The van der Waals surface area contributed by atoms with Gasteiger partial charge in [0.15, 0.2) is 5.82 Å². The maximum absolute atomic E-state index is 14.2. The number of nitrogens with zero attached hydrogens (tertiary/aromatic N) is 4. The summed E-state index contributed by atoms with van der Waals surface area (Å²) in [6.45, 7) is 0.297. The first kappa shape index (κ1) is 22.5. The van der Waals surface area contributed by atoms with Gasteiger partial charge in [-0.3, -0.25) is 14.8 Å². The second-order valence-electron chi connectivity index (χ2n) is 7.46. The number of benzene rings is 1. The number of aromatic nitrogens is 5. The third kappa shape index (κ3) is 5.77. The van der Waals surface area contributed by atoms with E-state index in [4.69, 9.17) is 0 Å². The largest absolute Gasteiger partial charge is 0.368 e. The molecule has 3 aromatic heterocycles. The lowest BCUT2D eigenvalue weighted by Gasteiger charge is -2.10. The van der Waals surface area contributed by atoms with E-state index in [9.17, 15) is 17.2 Å². The van der Waals surface area contributed by atoms with Crippen molar-refractivity contribution in [1.29, 1.82) is 0 Å². The third-order valence-corrected chi connectivity index (χ3v) is 5.38. The quantitative estimate of drug-likeness (QED) is 0.340. The first-order valence-electron chi connectivity index (χ1n) is 10.1. The molecule has 0 bridgehead atoms. The van der Waals surface area contributed by atoms with Crippen LogP contribution in [0.1, 0.15) is 12.1 Å². The van der Waals surface area contributed by atoms with Crippen LogP contribution in [0.3, 0.4) is 0 Å². The fraction of sp³-hybridized carbons (Fsp3) is 0.238. The number of fused-ring (bicyclic) bond motifs is 1. The molecule has 4 rings (SSSR count). The van der Waals surface area contributed by atoms with Gasteiger partial charge in [0.05, 0.1) is 23.2 Å². The zero-order valence-corrected chi connectivity index (χ0v) is 18.4. The van der Waals surface area contributed by atoms with Crippen molar-refractivity contribution in [2.24, 2.45) is 0 Å². The Morgan fingerprint density at radius 1 is 1.15 bits per heavy atom. The predicted octanol–water partition coefficient (Wildman–Crippen LogP) is 3.31. The van der Waals surface area contributed by atoms with Crippen molar-refractivity contribution in [2.45, 2.75) is 19.0 Å². The molecule has 0 saturated heterocycles. The van der Waals surface area contributed by atoms with E-state index >= 15 is 0 Å². The van der Waals surface area contributed by atoms with Crippen LogP contribution in [-0.4, -0.2) is 52.8 Å². The van der Waals surface area contributed by atoms with Crippen LogP contribution in [0.4, 0.5) is 20.4 Å². The molecule has 3 N–H and O–H groups in total. The van der Waals surface area contributed by atoms with Gasteiger partial charge in [0.2, 0.25) is 10.0 Å². The Labute approximate surface area is 188 Å². The van der Waals surface area contributed by atoms with Crippen LogP contribution in [0.2, 0.25) is 0 Å². The number of sulfonamides is 1. The molecule has 0 aliphatic carbocycles. The maximum Gasteiger partial charge on any atom is 0.231 e. The molecule has 33 heavy (non-hydrogen) atoms. The molecule has 0 saturated carbocycles. The molecule has 3 heterocycles. The smallest absolute Gasteiger partial charge is 0.231 e. The highest BCUT2D eigenvalue weighted by Crippen LogP contribution is 2.27. The van der Waals surface area contributed by atoms with Gasteiger partial charge in [-0.25, -0.2) is 17.2 Å². The zero-order chi connectivity index (χ0) is 23.4. The van der Waals surface area contributed by atoms with Crippen molar-refractivity contribution < 1.29 is 17.2 Å². The first-order valence-corrected chi connectivity index (χ1v) is 11.9. The Morgan fingerprint density at radius 2 is 2.00 bits per heavy atom. The molecule has 4 aromatic rings. The van der Waals surface area contributed by atoms with Crippen LogP contribution < -0.4 is 10.0 Å². The molecule has 0 radical (unpaired) electrons. The summed E-state index contributed by atoms with van der Waals surface area (Å²) in [5.74, 6) is 0.160. The second kappa shape index (κ2) is 9.45. The van der Waals surface area contributed by atoms with E-state index in [1.165, 1.54) is 18.3 Å². The molecule has 12 heteroatoms. The van der Waals surface area contributed by atoms with Crippen molar-refractivity contribution in [3.63, 3.8) is 0 Å². The molecule has 0 aliphatic heterocycles. The highest BCUT2D eigenvalue weighted by atomic mass is 32.2. The normalized spacial score (nSPS) is 12.6. The Hall–Kier alpha value is -3.67. The zero-order valence-electron chi connectivity index (χ0n) is 17.6. The van der Waals surface area contributed by atoms with E-state index in [-0.39, 0.29) is 24.4 Å². The van der Waals surface area contributed by atoms with Crippen molar-refractivity contribution in [2.75, 3.05) is 22.8 Å². The van der Waals surface area contributed by atoms with Crippen LogP contribution in [0.15, 0.2) is 48.7 Å². The molecule has 1 atom stereocenters. The number of aromatic amines is 1. The number of halogens is 2. The molecular formula is C21H21F2N7O2S. The number of nitrogens with one attached hydrogen (secondary N) is 3. The molecule has 0 aliphatic rings. The average Bonchev–Trinajstić information content (AvgIpc) is 3.16. The van der Waals surface area contributed by atoms with E-state index in [0.29, 0.717) is 29.0 Å². The number of H-pyrrole nitrogens is 1. The lowest BCUT2D eigenvalue weighted by Crippen LogP contribution is -2.14. The number of alkyl halides is 1. The van der Waals surface area contributed by atoms with Gasteiger partial charge in [-0.1, -0.05) is 6.07 Å². The molecular weight excluding hydrogens is 452 g/mol. The summed E-state index contributed by atoms with van der Waals surface area (Å²) in [7, 11) is -3.47. The summed E-state index contributed by atoms with van der Waals surface area (Å²) in [6.07, 6.45) is 1.31. The lowest BCUT2D eigenvalue weighted by atomic mass is 10.1. The average molecular weight is 474 g/mol. The van der Waals surface area contributed by atoms with Gasteiger partial charge in [0.25, 0.3) is 0 Å². The van der Waals surface area contributed by atoms with Crippen molar-refractivity contribution in [1.82, 2.24) is 25.4 Å². The van der Waals surface area contributed by atoms with Gasteiger partial charge >= 0.3 is 0 Å².